The van der Waals surface area contributed by atoms with Gasteiger partial charge in [-0.05, 0) is 36.2 Å². The summed E-state index contributed by atoms with van der Waals surface area (Å²) in [6.07, 6.45) is 0.848. The standard InChI is InChI=1S/C20H17N3O2S2/c1-2-13-10-15-18(27-13)22-20(26)23(19(15)25)11-17(24)21-16-9-5-7-12-6-3-4-8-14(12)16/h3-10H,2,11H2,1H3,(H,21,24)(H,22,26). The Morgan fingerprint density at radius 2 is 1.96 bits per heavy atom. The number of aryl methyl sites for hydroxylation is 1. The molecule has 0 saturated heterocycles. The highest BCUT2D eigenvalue weighted by atomic mass is 32.1. The summed E-state index contributed by atoms with van der Waals surface area (Å²) < 4.78 is 1.56. The molecule has 0 saturated carbocycles. The van der Waals surface area contributed by atoms with Gasteiger partial charge in [0.25, 0.3) is 5.56 Å². The third-order valence-electron chi connectivity index (χ3n) is 4.44. The van der Waals surface area contributed by atoms with Gasteiger partial charge in [0.2, 0.25) is 5.91 Å². The molecule has 2 heterocycles. The van der Waals surface area contributed by atoms with Gasteiger partial charge in [-0.25, -0.2) is 0 Å². The summed E-state index contributed by atoms with van der Waals surface area (Å²) in [5, 5.41) is 5.46. The van der Waals surface area contributed by atoms with Crippen LogP contribution in [0.25, 0.3) is 21.0 Å². The zero-order chi connectivity index (χ0) is 19.0. The number of H-pyrrole nitrogens is 1. The summed E-state index contributed by atoms with van der Waals surface area (Å²) in [7, 11) is 0. The highest BCUT2D eigenvalue weighted by molar-refractivity contribution is 7.71. The number of anilines is 1. The van der Waals surface area contributed by atoms with Crippen molar-refractivity contribution in [3.63, 3.8) is 0 Å². The normalized spacial score (nSPS) is 11.1. The van der Waals surface area contributed by atoms with Crippen molar-refractivity contribution < 1.29 is 4.79 Å². The lowest BCUT2D eigenvalue weighted by Gasteiger charge is -2.10. The highest BCUT2D eigenvalue weighted by Gasteiger charge is 2.13. The first-order valence-corrected chi connectivity index (χ1v) is 9.82. The van der Waals surface area contributed by atoms with E-state index in [4.69, 9.17) is 12.2 Å². The number of carbonyl (C=O) groups excluding carboxylic acids is 1. The van der Waals surface area contributed by atoms with E-state index >= 15 is 0 Å². The second kappa shape index (κ2) is 7.09. The Bertz CT molecular complexity index is 1280. The van der Waals surface area contributed by atoms with Crippen LogP contribution >= 0.6 is 23.6 Å². The number of hydrogen-bond acceptors (Lipinski definition) is 4. The molecule has 0 aliphatic carbocycles. The summed E-state index contributed by atoms with van der Waals surface area (Å²) in [6.45, 7) is 1.90. The monoisotopic (exact) mass is 395 g/mol. The number of aromatic amines is 1. The van der Waals surface area contributed by atoms with E-state index in [1.165, 1.54) is 15.9 Å². The first kappa shape index (κ1) is 17.6. The minimum Gasteiger partial charge on any atom is -0.324 e. The minimum atomic E-state index is -0.293. The highest BCUT2D eigenvalue weighted by Crippen LogP contribution is 2.23. The summed E-state index contributed by atoms with van der Waals surface area (Å²) >= 11 is 6.83. The van der Waals surface area contributed by atoms with Gasteiger partial charge in [0.1, 0.15) is 11.4 Å². The fourth-order valence-corrected chi connectivity index (χ4v) is 4.38. The van der Waals surface area contributed by atoms with Crippen LogP contribution in [-0.2, 0) is 17.8 Å². The van der Waals surface area contributed by atoms with E-state index in [1.54, 1.807) is 0 Å². The average molecular weight is 396 g/mol. The van der Waals surface area contributed by atoms with Crippen LogP contribution in [0.1, 0.15) is 11.8 Å². The molecular weight excluding hydrogens is 378 g/mol. The molecule has 5 nitrogen and oxygen atoms in total. The molecule has 4 aromatic rings. The van der Waals surface area contributed by atoms with Gasteiger partial charge in [-0.2, -0.15) is 0 Å². The quantitative estimate of drug-likeness (QED) is 0.501. The molecule has 27 heavy (non-hydrogen) atoms. The van der Waals surface area contributed by atoms with E-state index in [9.17, 15) is 9.59 Å². The molecule has 136 valence electrons. The molecule has 4 rings (SSSR count). The van der Waals surface area contributed by atoms with E-state index in [-0.39, 0.29) is 22.8 Å². The van der Waals surface area contributed by atoms with Crippen molar-refractivity contribution in [2.45, 2.75) is 19.9 Å². The minimum absolute atomic E-state index is 0.134. The van der Waals surface area contributed by atoms with Crippen LogP contribution in [0, 0.1) is 4.77 Å². The molecule has 0 fully saturated rings. The number of benzene rings is 2. The Hall–Kier alpha value is -2.77. The van der Waals surface area contributed by atoms with Gasteiger partial charge >= 0.3 is 0 Å². The van der Waals surface area contributed by atoms with Crippen molar-refractivity contribution in [1.82, 2.24) is 9.55 Å². The molecular formula is C20H17N3O2S2. The molecule has 0 radical (unpaired) electrons. The topological polar surface area (TPSA) is 66.9 Å². The maximum absolute atomic E-state index is 12.8. The van der Waals surface area contributed by atoms with Crippen molar-refractivity contribution in [2.75, 3.05) is 5.32 Å². The molecule has 7 heteroatoms. The van der Waals surface area contributed by atoms with Gasteiger partial charge in [-0.15, -0.1) is 11.3 Å². The molecule has 0 aliphatic rings. The molecule has 0 unspecified atom stereocenters. The number of rotatable bonds is 4. The van der Waals surface area contributed by atoms with Crippen LogP contribution in [0.5, 0.6) is 0 Å². The number of hydrogen-bond donors (Lipinski definition) is 2. The van der Waals surface area contributed by atoms with E-state index in [2.05, 4.69) is 10.3 Å². The smallest absolute Gasteiger partial charge is 0.263 e. The summed E-state index contributed by atoms with van der Waals surface area (Å²) in [4.78, 5) is 30.3. The number of nitrogens with one attached hydrogen (secondary N) is 2. The third kappa shape index (κ3) is 3.31. The number of aromatic nitrogens is 2. The summed E-state index contributed by atoms with van der Waals surface area (Å²) in [6, 6.07) is 15.4. The largest absolute Gasteiger partial charge is 0.324 e. The first-order chi connectivity index (χ1) is 13.1. The van der Waals surface area contributed by atoms with Gasteiger partial charge < -0.3 is 10.3 Å². The van der Waals surface area contributed by atoms with Crippen molar-refractivity contribution >= 4 is 56.1 Å². The van der Waals surface area contributed by atoms with E-state index in [0.717, 1.165) is 26.9 Å². The average Bonchev–Trinajstić information content (AvgIpc) is 3.09. The van der Waals surface area contributed by atoms with E-state index < -0.39 is 0 Å². The SMILES string of the molecule is CCc1cc2c(=O)n(CC(=O)Nc3cccc4ccccc34)c(=S)[nH]c2s1. The molecule has 2 aromatic carbocycles. The zero-order valence-electron chi connectivity index (χ0n) is 14.6. The fourth-order valence-electron chi connectivity index (χ4n) is 3.08. The number of amides is 1. The Morgan fingerprint density at radius 3 is 2.78 bits per heavy atom. The maximum atomic E-state index is 12.8. The van der Waals surface area contributed by atoms with Crippen LogP contribution in [0.15, 0.2) is 53.3 Å². The third-order valence-corrected chi connectivity index (χ3v) is 5.96. The van der Waals surface area contributed by atoms with Gasteiger partial charge in [-0.3, -0.25) is 14.2 Å². The fraction of sp³-hybridized carbons (Fsp3) is 0.150. The number of nitrogens with zero attached hydrogens (tertiary/aromatic N) is 1. The van der Waals surface area contributed by atoms with Crippen molar-refractivity contribution in [2.24, 2.45) is 0 Å². The summed E-state index contributed by atoms with van der Waals surface area (Å²) in [5.41, 5.74) is 0.476. The Balaban J connectivity index is 1.67. The Labute approximate surface area is 164 Å². The van der Waals surface area contributed by atoms with Crippen LogP contribution in [0.4, 0.5) is 5.69 Å². The van der Waals surface area contributed by atoms with E-state index in [0.29, 0.717) is 11.1 Å². The van der Waals surface area contributed by atoms with Crippen LogP contribution in [0.3, 0.4) is 0 Å². The lowest BCUT2D eigenvalue weighted by atomic mass is 10.1. The van der Waals surface area contributed by atoms with Gasteiger partial charge in [0.15, 0.2) is 4.77 Å². The lowest BCUT2D eigenvalue weighted by Crippen LogP contribution is -2.28. The second-order valence-electron chi connectivity index (χ2n) is 6.21. The molecule has 2 aromatic heterocycles. The Morgan fingerprint density at radius 1 is 1.19 bits per heavy atom. The van der Waals surface area contributed by atoms with Crippen molar-refractivity contribution in [1.29, 1.82) is 0 Å². The van der Waals surface area contributed by atoms with Gasteiger partial charge in [0.05, 0.1) is 5.39 Å². The molecule has 1 amide bonds. The van der Waals surface area contributed by atoms with Gasteiger partial charge in [-0.1, -0.05) is 43.3 Å². The van der Waals surface area contributed by atoms with Crippen molar-refractivity contribution in [3.05, 3.63) is 68.5 Å². The number of carbonyl (C=O) groups is 1. The predicted octanol–water partition coefficient (Wildman–Crippen LogP) is 4.47. The van der Waals surface area contributed by atoms with Gasteiger partial charge in [0, 0.05) is 16.0 Å². The van der Waals surface area contributed by atoms with Crippen molar-refractivity contribution in [3.8, 4) is 0 Å². The van der Waals surface area contributed by atoms with Crippen LogP contribution in [0.2, 0.25) is 0 Å². The van der Waals surface area contributed by atoms with Crippen LogP contribution < -0.4 is 10.9 Å². The van der Waals surface area contributed by atoms with E-state index in [1.807, 2.05) is 55.5 Å². The molecule has 0 aliphatic heterocycles. The predicted molar refractivity (Wildman–Crippen MR) is 113 cm³/mol. The first-order valence-electron chi connectivity index (χ1n) is 8.60. The second-order valence-corrected chi connectivity index (χ2v) is 7.73. The molecule has 0 atom stereocenters. The zero-order valence-corrected chi connectivity index (χ0v) is 16.2. The summed E-state index contributed by atoms with van der Waals surface area (Å²) in [5.74, 6) is -0.293. The number of fused-ring (bicyclic) bond motifs is 2. The Kier molecular flexibility index (Phi) is 4.63. The molecule has 2 N–H and O–H groups in total. The number of thiophene rings is 1. The maximum Gasteiger partial charge on any atom is 0.263 e. The molecule has 0 bridgehead atoms. The van der Waals surface area contributed by atoms with Crippen LogP contribution in [-0.4, -0.2) is 15.5 Å². The lowest BCUT2D eigenvalue weighted by molar-refractivity contribution is -0.116. The molecule has 0 spiro atoms.